The Labute approximate surface area is 246 Å². The first-order valence-electron chi connectivity index (χ1n) is 12.1. The molecule has 1 amide bonds. The number of furan rings is 1. The van der Waals surface area contributed by atoms with Crippen molar-refractivity contribution in [1.29, 1.82) is 0 Å². The van der Waals surface area contributed by atoms with Crippen molar-refractivity contribution in [3.63, 3.8) is 0 Å². The van der Waals surface area contributed by atoms with Crippen molar-refractivity contribution >= 4 is 67.9 Å². The second kappa shape index (κ2) is 9.48. The topological polar surface area (TPSA) is 67.1 Å². The van der Waals surface area contributed by atoms with Crippen LogP contribution in [-0.2, 0) is 0 Å². The average molecular weight is 639 g/mol. The van der Waals surface area contributed by atoms with Crippen molar-refractivity contribution in [2.45, 2.75) is 18.3 Å². The molecule has 0 radical (unpaired) electrons. The molecule has 1 saturated heterocycles. The summed E-state index contributed by atoms with van der Waals surface area (Å²) in [5.74, 6) is 0.453. The van der Waals surface area contributed by atoms with Gasteiger partial charge in [0, 0.05) is 22.0 Å². The van der Waals surface area contributed by atoms with Crippen LogP contribution in [0, 0.1) is 0 Å². The fourth-order valence-corrected chi connectivity index (χ4v) is 6.75. The van der Waals surface area contributed by atoms with Gasteiger partial charge in [0.15, 0.2) is 0 Å². The SMILES string of the molecule is O=C1NC2(Oc3ccc(Br)cc3C3CC(c4ccccc4)=NN32)C(=Cc2ccc(-c3cccc(Cl)c3Cl)o2)S1. The number of benzene rings is 3. The molecule has 2 unspecified atom stereocenters. The standard InChI is InChI=1S/C29H18BrCl2N3O3S/c30-17-9-11-25-20(13-17)23-15-22(16-5-2-1-3-6-16)34-35(23)29(38-25)26(39-28(36)33-29)14-18-10-12-24(37-18)19-7-4-8-21(31)27(19)32/h1-14,23H,15H2,(H,33,36). The van der Waals surface area contributed by atoms with Gasteiger partial charge >= 0.3 is 5.85 Å². The molecule has 7 rings (SSSR count). The third-order valence-electron chi connectivity index (χ3n) is 6.85. The first-order chi connectivity index (χ1) is 18.9. The number of rotatable bonds is 3. The highest BCUT2D eigenvalue weighted by molar-refractivity contribution is 9.10. The molecule has 4 heterocycles. The van der Waals surface area contributed by atoms with Gasteiger partial charge in [0.2, 0.25) is 0 Å². The number of ether oxygens (including phenoxy) is 1. The van der Waals surface area contributed by atoms with E-state index in [1.165, 1.54) is 0 Å². The lowest BCUT2D eigenvalue weighted by atomic mass is 9.96. The summed E-state index contributed by atoms with van der Waals surface area (Å²) in [6.45, 7) is 0. The first kappa shape index (κ1) is 24.8. The molecule has 39 heavy (non-hydrogen) atoms. The highest BCUT2D eigenvalue weighted by atomic mass is 79.9. The Hall–Kier alpha value is -3.17. The van der Waals surface area contributed by atoms with Gasteiger partial charge in [-0.2, -0.15) is 5.10 Å². The lowest BCUT2D eigenvalue weighted by Crippen LogP contribution is -2.61. The Balaban J connectivity index is 1.34. The van der Waals surface area contributed by atoms with E-state index in [0.29, 0.717) is 44.2 Å². The van der Waals surface area contributed by atoms with Gasteiger partial charge in [0.1, 0.15) is 17.3 Å². The highest BCUT2D eigenvalue weighted by Gasteiger charge is 2.58. The summed E-state index contributed by atoms with van der Waals surface area (Å²) in [6.07, 6.45) is 2.46. The van der Waals surface area contributed by atoms with E-state index in [-0.39, 0.29) is 11.3 Å². The van der Waals surface area contributed by atoms with Crippen molar-refractivity contribution < 1.29 is 13.9 Å². The maximum absolute atomic E-state index is 12.9. The van der Waals surface area contributed by atoms with Crippen LogP contribution in [0.1, 0.15) is 29.3 Å². The third kappa shape index (κ3) is 4.17. The van der Waals surface area contributed by atoms with Crippen molar-refractivity contribution in [3.8, 4) is 17.1 Å². The molecule has 4 aromatic rings. The molecule has 0 saturated carbocycles. The van der Waals surface area contributed by atoms with Gasteiger partial charge in [0.25, 0.3) is 5.24 Å². The molecule has 194 valence electrons. The van der Waals surface area contributed by atoms with E-state index >= 15 is 0 Å². The quantitative estimate of drug-likeness (QED) is 0.243. The average Bonchev–Trinajstić information content (AvgIpc) is 3.66. The monoisotopic (exact) mass is 637 g/mol. The van der Waals surface area contributed by atoms with Crippen LogP contribution >= 0.6 is 50.9 Å². The van der Waals surface area contributed by atoms with Gasteiger partial charge in [-0.1, -0.05) is 75.5 Å². The number of carbonyl (C=O) groups excluding carboxylic acids is 1. The van der Waals surface area contributed by atoms with Crippen LogP contribution < -0.4 is 10.1 Å². The molecule has 3 aromatic carbocycles. The molecule has 1 spiro atoms. The molecule has 2 atom stereocenters. The molecule has 3 aliphatic rings. The Morgan fingerprint density at radius 2 is 1.92 bits per heavy atom. The maximum Gasteiger partial charge on any atom is 0.314 e. The summed E-state index contributed by atoms with van der Waals surface area (Å²) >= 11 is 17.3. The molecule has 1 N–H and O–H groups in total. The normalized spacial score (nSPS) is 22.5. The predicted octanol–water partition coefficient (Wildman–Crippen LogP) is 8.71. The number of amides is 1. The van der Waals surface area contributed by atoms with Crippen molar-refractivity contribution in [3.05, 3.63) is 115 Å². The van der Waals surface area contributed by atoms with E-state index in [9.17, 15) is 4.79 Å². The molecular weight excluding hydrogens is 621 g/mol. The smallest absolute Gasteiger partial charge is 0.314 e. The molecule has 1 aromatic heterocycles. The fraction of sp³-hybridized carbons (Fsp3) is 0.103. The second-order valence-corrected chi connectivity index (χ2v) is 11.9. The van der Waals surface area contributed by atoms with E-state index < -0.39 is 5.85 Å². The Bertz CT molecular complexity index is 1710. The van der Waals surface area contributed by atoms with Crippen molar-refractivity contribution in [2.24, 2.45) is 5.10 Å². The van der Waals surface area contributed by atoms with Crippen LogP contribution in [0.3, 0.4) is 0 Å². The number of thioether (sulfide) groups is 1. The fourth-order valence-electron chi connectivity index (χ4n) is 5.09. The first-order valence-corrected chi connectivity index (χ1v) is 14.4. The van der Waals surface area contributed by atoms with Crippen LogP contribution in [0.15, 0.2) is 97.8 Å². The van der Waals surface area contributed by atoms with Gasteiger partial charge in [-0.3, -0.25) is 10.1 Å². The molecule has 0 aliphatic carbocycles. The maximum atomic E-state index is 12.9. The second-order valence-electron chi connectivity index (χ2n) is 9.23. The lowest BCUT2D eigenvalue weighted by molar-refractivity contribution is -0.0949. The van der Waals surface area contributed by atoms with Gasteiger partial charge in [-0.15, -0.1) is 0 Å². The van der Waals surface area contributed by atoms with Gasteiger partial charge < -0.3 is 9.15 Å². The minimum Gasteiger partial charge on any atom is -0.457 e. The summed E-state index contributed by atoms with van der Waals surface area (Å²) in [5, 5.41) is 10.6. The summed E-state index contributed by atoms with van der Waals surface area (Å²) in [5.41, 5.74) is 3.61. The van der Waals surface area contributed by atoms with E-state index in [2.05, 4.69) is 21.2 Å². The highest BCUT2D eigenvalue weighted by Crippen LogP contribution is 2.53. The summed E-state index contributed by atoms with van der Waals surface area (Å²) in [7, 11) is 0. The summed E-state index contributed by atoms with van der Waals surface area (Å²) in [6, 6.07) is 24.8. The van der Waals surface area contributed by atoms with Gasteiger partial charge in [0.05, 0.1) is 26.7 Å². The van der Waals surface area contributed by atoms with Crippen LogP contribution in [0.25, 0.3) is 17.4 Å². The number of nitrogens with zero attached hydrogens (tertiary/aromatic N) is 2. The largest absolute Gasteiger partial charge is 0.457 e. The minimum atomic E-state index is -1.33. The summed E-state index contributed by atoms with van der Waals surface area (Å²) < 4.78 is 13.7. The van der Waals surface area contributed by atoms with E-state index in [1.807, 2.05) is 83.9 Å². The zero-order valence-corrected chi connectivity index (χ0v) is 23.9. The zero-order chi connectivity index (χ0) is 26.7. The van der Waals surface area contributed by atoms with Gasteiger partial charge in [-0.05, 0) is 65.9 Å². The van der Waals surface area contributed by atoms with Gasteiger partial charge in [-0.25, -0.2) is 5.01 Å². The Morgan fingerprint density at radius 3 is 2.77 bits per heavy atom. The molecule has 10 heteroatoms. The molecule has 6 nitrogen and oxygen atoms in total. The Kier molecular flexibility index (Phi) is 6.04. The lowest BCUT2D eigenvalue weighted by Gasteiger charge is -2.45. The molecule has 1 fully saturated rings. The summed E-state index contributed by atoms with van der Waals surface area (Å²) in [4.78, 5) is 13.5. The number of hydrazone groups is 1. The van der Waals surface area contributed by atoms with Crippen LogP contribution in [0.4, 0.5) is 4.79 Å². The number of hydrogen-bond donors (Lipinski definition) is 1. The van der Waals surface area contributed by atoms with E-state index in [0.717, 1.165) is 33.1 Å². The minimum absolute atomic E-state index is 0.152. The molecular formula is C29H18BrCl2N3O3S. The zero-order valence-electron chi connectivity index (χ0n) is 20.0. The number of hydrogen-bond acceptors (Lipinski definition) is 6. The number of nitrogens with one attached hydrogen (secondary N) is 1. The van der Waals surface area contributed by atoms with Crippen molar-refractivity contribution in [1.82, 2.24) is 10.3 Å². The van der Waals surface area contributed by atoms with E-state index in [4.69, 9.17) is 37.5 Å². The van der Waals surface area contributed by atoms with Crippen LogP contribution in [0.2, 0.25) is 10.0 Å². The predicted molar refractivity (Wildman–Crippen MR) is 158 cm³/mol. The van der Waals surface area contributed by atoms with E-state index in [1.54, 1.807) is 6.07 Å². The Morgan fingerprint density at radius 1 is 1.08 bits per heavy atom. The van der Waals surface area contributed by atoms with Crippen LogP contribution in [0.5, 0.6) is 5.75 Å². The number of carbonyl (C=O) groups is 1. The molecule has 3 aliphatic heterocycles. The van der Waals surface area contributed by atoms with Crippen LogP contribution in [-0.4, -0.2) is 21.8 Å². The van der Waals surface area contributed by atoms with Crippen molar-refractivity contribution in [2.75, 3.05) is 0 Å². The number of halogens is 3. The molecule has 0 bridgehead atoms. The number of fused-ring (bicyclic) bond motifs is 4. The third-order valence-corrected chi connectivity index (χ3v) is 9.07.